The first-order chi connectivity index (χ1) is 7.63. The molecule has 3 heteroatoms. The molecule has 0 aliphatic heterocycles. The van der Waals surface area contributed by atoms with Crippen molar-refractivity contribution in [3.05, 3.63) is 41.1 Å². The van der Waals surface area contributed by atoms with Crippen LogP contribution in [0.15, 0.2) is 24.4 Å². The Bertz CT molecular complexity index is 541. The van der Waals surface area contributed by atoms with Crippen molar-refractivity contribution < 1.29 is 4.79 Å². The van der Waals surface area contributed by atoms with Gasteiger partial charge in [-0.15, -0.1) is 0 Å². The van der Waals surface area contributed by atoms with Crippen molar-refractivity contribution >= 4 is 6.29 Å². The molecule has 82 valence electrons. The fourth-order valence-corrected chi connectivity index (χ4v) is 1.78. The highest BCUT2D eigenvalue weighted by atomic mass is 16.1. The molecular weight excluding hydrogens is 200 g/mol. The molecule has 2 aromatic rings. The summed E-state index contributed by atoms with van der Waals surface area (Å²) in [6, 6.07) is 6.16. The van der Waals surface area contributed by atoms with E-state index in [-0.39, 0.29) is 0 Å². The summed E-state index contributed by atoms with van der Waals surface area (Å²) in [6.45, 7) is 4.14. The number of carbonyl (C=O) groups is 1. The lowest BCUT2D eigenvalue weighted by atomic mass is 10.0. The van der Waals surface area contributed by atoms with Gasteiger partial charge in [0.1, 0.15) is 0 Å². The minimum absolute atomic E-state index is 0.630. The molecule has 0 radical (unpaired) electrons. The predicted molar refractivity (Wildman–Crippen MR) is 63.5 cm³/mol. The van der Waals surface area contributed by atoms with Gasteiger partial charge in [0.2, 0.25) is 0 Å². The molecule has 0 atom stereocenters. The van der Waals surface area contributed by atoms with Gasteiger partial charge in [0.25, 0.3) is 0 Å². The number of nitrogens with zero attached hydrogens (tertiary/aromatic N) is 2. The first-order valence-corrected chi connectivity index (χ1v) is 5.18. The van der Waals surface area contributed by atoms with Gasteiger partial charge in [-0.3, -0.25) is 9.48 Å². The van der Waals surface area contributed by atoms with Crippen LogP contribution >= 0.6 is 0 Å². The molecule has 0 bridgehead atoms. The number of carbonyl (C=O) groups excluding carboxylic acids is 1. The van der Waals surface area contributed by atoms with Gasteiger partial charge in [-0.2, -0.15) is 5.10 Å². The van der Waals surface area contributed by atoms with Gasteiger partial charge < -0.3 is 0 Å². The fourth-order valence-electron chi connectivity index (χ4n) is 1.78. The first-order valence-electron chi connectivity index (χ1n) is 5.18. The summed E-state index contributed by atoms with van der Waals surface area (Å²) in [5, 5.41) is 4.10. The molecule has 0 spiro atoms. The number of aryl methyl sites for hydroxylation is 3. The van der Waals surface area contributed by atoms with Gasteiger partial charge in [-0.05, 0) is 31.0 Å². The third-order valence-electron chi connectivity index (χ3n) is 2.87. The topological polar surface area (TPSA) is 34.9 Å². The standard InChI is InChI=1S/C13H14N2O/c1-9-4-5-11(6-10(9)2)13-12(8-16)7-14-15(13)3/h4-8H,1-3H3. The Morgan fingerprint density at radius 2 is 2.00 bits per heavy atom. The Kier molecular flexibility index (Phi) is 2.60. The van der Waals surface area contributed by atoms with Gasteiger partial charge in [0.05, 0.1) is 17.5 Å². The molecule has 0 fully saturated rings. The zero-order chi connectivity index (χ0) is 11.7. The minimum atomic E-state index is 0.630. The van der Waals surface area contributed by atoms with Gasteiger partial charge in [-0.25, -0.2) is 0 Å². The number of benzene rings is 1. The van der Waals surface area contributed by atoms with E-state index in [4.69, 9.17) is 0 Å². The SMILES string of the molecule is Cc1ccc(-c2c(C=O)cnn2C)cc1C. The smallest absolute Gasteiger partial charge is 0.153 e. The molecule has 1 heterocycles. The van der Waals surface area contributed by atoms with E-state index in [1.54, 1.807) is 10.9 Å². The summed E-state index contributed by atoms with van der Waals surface area (Å²) in [4.78, 5) is 10.9. The lowest BCUT2D eigenvalue weighted by Crippen LogP contribution is -1.96. The summed E-state index contributed by atoms with van der Waals surface area (Å²) in [5.41, 5.74) is 5.00. The van der Waals surface area contributed by atoms with Crippen molar-refractivity contribution in [3.8, 4) is 11.3 Å². The van der Waals surface area contributed by atoms with Crippen molar-refractivity contribution in [1.82, 2.24) is 9.78 Å². The minimum Gasteiger partial charge on any atom is -0.298 e. The summed E-state index contributed by atoms with van der Waals surface area (Å²) in [5.74, 6) is 0. The van der Waals surface area contributed by atoms with E-state index in [0.717, 1.165) is 17.5 Å². The Morgan fingerprint density at radius 3 is 2.62 bits per heavy atom. The maximum atomic E-state index is 10.9. The van der Waals surface area contributed by atoms with Crippen molar-refractivity contribution in [2.75, 3.05) is 0 Å². The van der Waals surface area contributed by atoms with Crippen LogP contribution in [0.4, 0.5) is 0 Å². The molecular formula is C13H14N2O. The molecule has 1 aromatic carbocycles. The molecule has 2 rings (SSSR count). The van der Waals surface area contributed by atoms with Gasteiger partial charge >= 0.3 is 0 Å². The van der Waals surface area contributed by atoms with E-state index >= 15 is 0 Å². The molecule has 0 saturated carbocycles. The highest BCUT2D eigenvalue weighted by molar-refractivity contribution is 5.85. The van der Waals surface area contributed by atoms with E-state index < -0.39 is 0 Å². The Labute approximate surface area is 94.7 Å². The summed E-state index contributed by atoms with van der Waals surface area (Å²) < 4.78 is 1.73. The van der Waals surface area contributed by atoms with Gasteiger partial charge in [0.15, 0.2) is 6.29 Å². The van der Waals surface area contributed by atoms with Crippen LogP contribution in [0.3, 0.4) is 0 Å². The number of aromatic nitrogens is 2. The van der Waals surface area contributed by atoms with Crippen LogP contribution < -0.4 is 0 Å². The predicted octanol–water partition coefficient (Wildman–Crippen LogP) is 2.52. The van der Waals surface area contributed by atoms with Crippen LogP contribution in [0, 0.1) is 13.8 Å². The van der Waals surface area contributed by atoms with E-state index in [9.17, 15) is 4.79 Å². The lowest BCUT2D eigenvalue weighted by molar-refractivity contribution is 0.112. The summed E-state index contributed by atoms with van der Waals surface area (Å²) in [6.07, 6.45) is 2.44. The lowest BCUT2D eigenvalue weighted by Gasteiger charge is -2.06. The average molecular weight is 214 g/mol. The maximum Gasteiger partial charge on any atom is 0.153 e. The Hall–Kier alpha value is -1.90. The number of aldehydes is 1. The molecule has 3 nitrogen and oxygen atoms in total. The second-order valence-electron chi connectivity index (χ2n) is 3.99. The van der Waals surface area contributed by atoms with Gasteiger partial charge in [-0.1, -0.05) is 12.1 Å². The van der Waals surface area contributed by atoms with E-state index in [0.29, 0.717) is 5.56 Å². The van der Waals surface area contributed by atoms with Gasteiger partial charge in [0, 0.05) is 12.6 Å². The Balaban J connectivity index is 2.62. The average Bonchev–Trinajstić information content (AvgIpc) is 2.64. The number of hydrogen-bond acceptors (Lipinski definition) is 2. The van der Waals surface area contributed by atoms with Crippen LogP contribution in [0.2, 0.25) is 0 Å². The molecule has 0 unspecified atom stereocenters. The summed E-state index contributed by atoms with van der Waals surface area (Å²) >= 11 is 0. The first kappa shape index (κ1) is 10.6. The zero-order valence-corrected chi connectivity index (χ0v) is 9.69. The van der Waals surface area contributed by atoms with Crippen molar-refractivity contribution in [3.63, 3.8) is 0 Å². The molecule has 0 N–H and O–H groups in total. The zero-order valence-electron chi connectivity index (χ0n) is 9.69. The molecule has 0 aliphatic rings. The highest BCUT2D eigenvalue weighted by Gasteiger charge is 2.10. The number of hydrogen-bond donors (Lipinski definition) is 0. The van der Waals surface area contributed by atoms with Crippen LogP contribution in [-0.2, 0) is 7.05 Å². The third-order valence-corrected chi connectivity index (χ3v) is 2.87. The van der Waals surface area contributed by atoms with Crippen LogP contribution in [0.1, 0.15) is 21.5 Å². The molecule has 0 aliphatic carbocycles. The van der Waals surface area contributed by atoms with E-state index in [1.807, 2.05) is 13.1 Å². The fraction of sp³-hybridized carbons (Fsp3) is 0.231. The van der Waals surface area contributed by atoms with E-state index in [2.05, 4.69) is 31.1 Å². The second-order valence-corrected chi connectivity index (χ2v) is 3.99. The maximum absolute atomic E-state index is 10.9. The van der Waals surface area contributed by atoms with Crippen LogP contribution in [0.5, 0.6) is 0 Å². The molecule has 1 aromatic heterocycles. The molecule has 16 heavy (non-hydrogen) atoms. The number of rotatable bonds is 2. The van der Waals surface area contributed by atoms with E-state index in [1.165, 1.54) is 11.1 Å². The second kappa shape index (κ2) is 3.93. The summed E-state index contributed by atoms with van der Waals surface area (Å²) in [7, 11) is 1.84. The van der Waals surface area contributed by atoms with Crippen LogP contribution in [-0.4, -0.2) is 16.1 Å². The molecule has 0 saturated heterocycles. The normalized spacial score (nSPS) is 10.4. The van der Waals surface area contributed by atoms with Crippen molar-refractivity contribution in [1.29, 1.82) is 0 Å². The highest BCUT2D eigenvalue weighted by Crippen LogP contribution is 2.24. The van der Waals surface area contributed by atoms with Crippen molar-refractivity contribution in [2.45, 2.75) is 13.8 Å². The van der Waals surface area contributed by atoms with Crippen LogP contribution in [0.25, 0.3) is 11.3 Å². The largest absolute Gasteiger partial charge is 0.298 e. The monoisotopic (exact) mass is 214 g/mol. The quantitative estimate of drug-likeness (QED) is 0.720. The van der Waals surface area contributed by atoms with Crippen molar-refractivity contribution in [2.24, 2.45) is 7.05 Å². The molecule has 0 amide bonds. The third kappa shape index (κ3) is 1.65. The Morgan fingerprint density at radius 1 is 1.25 bits per heavy atom.